The molecule has 0 aliphatic carbocycles. The van der Waals surface area contributed by atoms with Crippen LogP contribution in [0.25, 0.3) is 11.0 Å². The molecule has 1 aliphatic rings. The second-order valence-corrected chi connectivity index (χ2v) is 4.39. The Morgan fingerprint density at radius 2 is 2.00 bits per heavy atom. The average Bonchev–Trinajstić information content (AvgIpc) is 2.88. The molecule has 0 unspecified atom stereocenters. The molecular weight excluding hydrogens is 218 g/mol. The summed E-state index contributed by atoms with van der Waals surface area (Å²) in [5.74, 6) is 0. The first-order chi connectivity index (χ1) is 8.25. The number of aromatic amines is 1. The van der Waals surface area contributed by atoms with Gasteiger partial charge in [-0.25, -0.2) is 0 Å². The van der Waals surface area contributed by atoms with Crippen molar-refractivity contribution in [2.75, 3.05) is 27.2 Å². The van der Waals surface area contributed by atoms with Crippen LogP contribution in [-0.2, 0) is 0 Å². The van der Waals surface area contributed by atoms with E-state index in [9.17, 15) is 0 Å². The van der Waals surface area contributed by atoms with Crippen molar-refractivity contribution < 1.29 is 9.68 Å². The molecule has 0 bridgehead atoms. The Labute approximate surface area is 99.3 Å². The summed E-state index contributed by atoms with van der Waals surface area (Å²) < 4.78 is 0. The quantitative estimate of drug-likeness (QED) is 0.708. The molecule has 1 aromatic heterocycles. The highest BCUT2D eigenvalue weighted by Gasteiger charge is 2.31. The maximum atomic E-state index is 5.90. The Bertz CT molecular complexity index is 515. The highest BCUT2D eigenvalue weighted by Crippen LogP contribution is 2.08. The molecular formula is C11H16N5O+. The number of nitrogens with zero attached hydrogens (tertiary/aromatic N) is 4. The lowest BCUT2D eigenvalue weighted by Gasteiger charge is -2.20. The lowest BCUT2D eigenvalue weighted by Crippen LogP contribution is -2.56. The van der Waals surface area contributed by atoms with Crippen LogP contribution in [0.1, 0.15) is 0 Å². The van der Waals surface area contributed by atoms with E-state index in [4.69, 9.17) is 4.84 Å². The minimum atomic E-state index is -0.0520. The number of H-pyrrole nitrogens is 1. The highest BCUT2D eigenvalue weighted by atomic mass is 16.7. The fourth-order valence-corrected chi connectivity index (χ4v) is 2.09. The van der Waals surface area contributed by atoms with E-state index in [1.54, 1.807) is 4.85 Å². The second kappa shape index (κ2) is 3.97. The Kier molecular flexibility index (Phi) is 2.45. The zero-order valence-electron chi connectivity index (χ0n) is 10.00. The van der Waals surface area contributed by atoms with Gasteiger partial charge >= 0.3 is 0 Å². The summed E-state index contributed by atoms with van der Waals surface area (Å²) >= 11 is 0. The van der Waals surface area contributed by atoms with Crippen molar-refractivity contribution in [3.63, 3.8) is 0 Å². The predicted octanol–water partition coefficient (Wildman–Crippen LogP) is -0.560. The standard InChI is InChI=1S/C11H15N5O/c1-14-7-8-15(2)11(14)17-16-10-6-4-3-5-9(10)12-13-16/h3-6,11H,7-8H2,1-2H3/p+1. The first kappa shape index (κ1) is 10.5. The summed E-state index contributed by atoms with van der Waals surface area (Å²) in [4.78, 5) is 11.8. The molecule has 1 N–H and O–H groups in total. The van der Waals surface area contributed by atoms with Crippen molar-refractivity contribution in [2.24, 2.45) is 0 Å². The van der Waals surface area contributed by atoms with Gasteiger partial charge in [0, 0.05) is 23.0 Å². The average molecular weight is 234 g/mol. The summed E-state index contributed by atoms with van der Waals surface area (Å²) in [6, 6.07) is 7.86. The summed E-state index contributed by atoms with van der Waals surface area (Å²) in [5, 5.41) is 7.06. The van der Waals surface area contributed by atoms with Crippen LogP contribution < -0.4 is 9.68 Å². The van der Waals surface area contributed by atoms with Crippen molar-refractivity contribution in [3.05, 3.63) is 24.3 Å². The lowest BCUT2D eigenvalue weighted by atomic mass is 10.3. The maximum absolute atomic E-state index is 5.90. The van der Waals surface area contributed by atoms with Gasteiger partial charge in [0.25, 0.3) is 11.9 Å². The maximum Gasteiger partial charge on any atom is 0.262 e. The van der Waals surface area contributed by atoms with E-state index in [-0.39, 0.29) is 6.35 Å². The molecule has 0 spiro atoms. The second-order valence-electron chi connectivity index (χ2n) is 4.39. The van der Waals surface area contributed by atoms with Crippen LogP contribution in [-0.4, -0.2) is 53.6 Å². The molecule has 2 heterocycles. The van der Waals surface area contributed by atoms with E-state index >= 15 is 0 Å². The van der Waals surface area contributed by atoms with E-state index in [1.807, 2.05) is 38.4 Å². The van der Waals surface area contributed by atoms with Gasteiger partial charge in [-0.1, -0.05) is 12.1 Å². The summed E-state index contributed by atoms with van der Waals surface area (Å²) in [6.07, 6.45) is -0.0520. The van der Waals surface area contributed by atoms with Crippen molar-refractivity contribution in [1.29, 1.82) is 0 Å². The van der Waals surface area contributed by atoms with E-state index in [2.05, 4.69) is 20.1 Å². The van der Waals surface area contributed by atoms with Crippen molar-refractivity contribution in [3.8, 4) is 0 Å². The molecule has 1 fully saturated rings. The van der Waals surface area contributed by atoms with Crippen LogP contribution in [0.5, 0.6) is 0 Å². The first-order valence-corrected chi connectivity index (χ1v) is 5.68. The smallest absolute Gasteiger partial charge is 0.262 e. The zero-order chi connectivity index (χ0) is 11.8. The van der Waals surface area contributed by atoms with Crippen molar-refractivity contribution in [1.82, 2.24) is 20.1 Å². The molecule has 1 aliphatic heterocycles. The van der Waals surface area contributed by atoms with Crippen molar-refractivity contribution >= 4 is 11.0 Å². The van der Waals surface area contributed by atoms with Crippen molar-refractivity contribution in [2.45, 2.75) is 6.35 Å². The van der Waals surface area contributed by atoms with Gasteiger partial charge in [-0.2, -0.15) is 0 Å². The first-order valence-electron chi connectivity index (χ1n) is 5.68. The number of nitrogens with one attached hydrogen (secondary N) is 1. The number of hydrogen-bond acceptors (Lipinski definition) is 4. The van der Waals surface area contributed by atoms with E-state index in [1.165, 1.54) is 0 Å². The minimum absolute atomic E-state index is 0.0520. The molecule has 0 saturated carbocycles. The van der Waals surface area contributed by atoms with Crippen LogP contribution in [0.2, 0.25) is 0 Å². The number of aromatic nitrogens is 3. The molecule has 0 radical (unpaired) electrons. The minimum Gasteiger partial charge on any atom is -0.280 e. The summed E-state index contributed by atoms with van der Waals surface area (Å²) in [6.45, 7) is 2.02. The number of hydrogen-bond donors (Lipinski definition) is 1. The third kappa shape index (κ3) is 1.75. The number of para-hydroxylation sites is 2. The Balaban J connectivity index is 1.90. The van der Waals surface area contributed by atoms with Gasteiger partial charge in [0.15, 0.2) is 0 Å². The van der Waals surface area contributed by atoms with Crippen LogP contribution in [0, 0.1) is 0 Å². The van der Waals surface area contributed by atoms with Gasteiger partial charge in [-0.05, 0) is 31.4 Å². The van der Waals surface area contributed by atoms with E-state index in [0.29, 0.717) is 0 Å². The van der Waals surface area contributed by atoms with Gasteiger partial charge in [0.05, 0.1) is 0 Å². The van der Waals surface area contributed by atoms with Crippen LogP contribution in [0.3, 0.4) is 0 Å². The van der Waals surface area contributed by atoms with E-state index in [0.717, 1.165) is 24.1 Å². The number of fused-ring (bicyclic) bond motifs is 1. The van der Waals surface area contributed by atoms with Gasteiger partial charge in [-0.3, -0.25) is 14.6 Å². The molecule has 0 atom stereocenters. The lowest BCUT2D eigenvalue weighted by molar-refractivity contribution is -0.930. The largest absolute Gasteiger partial charge is 0.280 e. The Morgan fingerprint density at radius 1 is 1.29 bits per heavy atom. The zero-order valence-corrected chi connectivity index (χ0v) is 10.00. The molecule has 6 nitrogen and oxygen atoms in total. The fraction of sp³-hybridized carbons (Fsp3) is 0.455. The molecule has 3 rings (SSSR count). The topological polar surface area (TPSA) is 48.3 Å². The fourth-order valence-electron chi connectivity index (χ4n) is 2.09. The third-order valence-corrected chi connectivity index (χ3v) is 3.12. The monoisotopic (exact) mass is 234 g/mol. The van der Waals surface area contributed by atoms with Gasteiger partial charge < -0.3 is 0 Å². The van der Waals surface area contributed by atoms with Crippen LogP contribution in [0.15, 0.2) is 24.3 Å². The normalized spacial score (nSPS) is 19.2. The molecule has 1 saturated heterocycles. The molecule has 1 aromatic carbocycles. The molecule has 6 heteroatoms. The highest BCUT2D eigenvalue weighted by molar-refractivity contribution is 5.69. The number of likely N-dealkylation sites (N-methyl/N-ethyl adjacent to an activating group) is 2. The summed E-state index contributed by atoms with van der Waals surface area (Å²) in [7, 11) is 4.10. The Hall–Kier alpha value is -1.66. The van der Waals surface area contributed by atoms with E-state index < -0.39 is 0 Å². The number of rotatable bonds is 2. The summed E-state index contributed by atoms with van der Waals surface area (Å²) in [5.41, 5.74) is 1.84. The van der Waals surface area contributed by atoms with Gasteiger partial charge in [0.1, 0.15) is 0 Å². The van der Waals surface area contributed by atoms with Gasteiger partial charge in [-0.15, -0.1) is 0 Å². The molecule has 2 aromatic rings. The SMILES string of the molecule is CN1CCN(C)C1O[n+]1[nH]nc2ccccc21. The van der Waals surface area contributed by atoms with Crippen LogP contribution >= 0.6 is 0 Å². The third-order valence-electron chi connectivity index (χ3n) is 3.12. The molecule has 17 heavy (non-hydrogen) atoms. The molecule has 0 amide bonds. The van der Waals surface area contributed by atoms with Gasteiger partial charge in [0.2, 0.25) is 5.52 Å². The number of benzene rings is 1. The van der Waals surface area contributed by atoms with Crippen LogP contribution in [0.4, 0.5) is 0 Å². The molecule has 90 valence electrons. The Morgan fingerprint density at radius 3 is 2.76 bits per heavy atom. The predicted molar refractivity (Wildman–Crippen MR) is 61.9 cm³/mol.